The third-order valence-electron chi connectivity index (χ3n) is 6.04. The van der Waals surface area contributed by atoms with Crippen molar-refractivity contribution in [2.24, 2.45) is 0 Å². The second kappa shape index (κ2) is 13.3. The van der Waals surface area contributed by atoms with Gasteiger partial charge < -0.3 is 14.4 Å². The van der Waals surface area contributed by atoms with Gasteiger partial charge in [0.05, 0.1) is 13.7 Å². The highest BCUT2D eigenvalue weighted by Crippen LogP contribution is 2.28. The minimum Gasteiger partial charge on any atom is -0.497 e. The fraction of sp³-hybridized carbons (Fsp3) is 0.680. The zero-order valence-corrected chi connectivity index (χ0v) is 19.1. The molecule has 1 unspecified atom stereocenters. The molecule has 30 heavy (non-hydrogen) atoms. The quantitative estimate of drug-likeness (QED) is 0.332. The van der Waals surface area contributed by atoms with Crippen LogP contribution in [0.25, 0.3) is 0 Å². The Balaban J connectivity index is 1.66. The largest absolute Gasteiger partial charge is 0.497 e. The molecular formula is C25H39NO4. The molecule has 1 aromatic carbocycles. The van der Waals surface area contributed by atoms with Crippen molar-refractivity contribution in [3.8, 4) is 5.75 Å². The highest BCUT2D eigenvalue weighted by Gasteiger charge is 2.26. The van der Waals surface area contributed by atoms with Gasteiger partial charge in [-0.2, -0.15) is 0 Å². The number of rotatable bonds is 13. The van der Waals surface area contributed by atoms with Crippen LogP contribution in [0.4, 0.5) is 0 Å². The number of hydrogen-bond donors (Lipinski definition) is 0. The molecule has 2 rings (SSSR count). The molecule has 0 aliphatic heterocycles. The van der Waals surface area contributed by atoms with E-state index in [2.05, 4.69) is 24.0 Å². The zero-order valence-electron chi connectivity index (χ0n) is 19.1. The number of carbonyl (C=O) groups excluding carboxylic acids is 2. The topological polar surface area (TPSA) is 55.8 Å². The van der Waals surface area contributed by atoms with Crippen LogP contribution in [0.15, 0.2) is 18.2 Å². The molecule has 1 atom stereocenters. The van der Waals surface area contributed by atoms with Gasteiger partial charge in [-0.3, -0.25) is 9.59 Å². The lowest BCUT2D eigenvalue weighted by Gasteiger charge is -2.35. The van der Waals surface area contributed by atoms with Gasteiger partial charge in [0.2, 0.25) is 5.91 Å². The summed E-state index contributed by atoms with van der Waals surface area (Å²) in [4.78, 5) is 26.2. The first kappa shape index (κ1) is 24.2. The lowest BCUT2D eigenvalue weighted by Crippen LogP contribution is -2.43. The molecule has 0 radical (unpaired) electrons. The van der Waals surface area contributed by atoms with Crippen LogP contribution in [0.3, 0.4) is 0 Å². The maximum Gasteiger partial charge on any atom is 0.305 e. The van der Waals surface area contributed by atoms with Crippen LogP contribution in [0.1, 0.15) is 82.8 Å². The van der Waals surface area contributed by atoms with Gasteiger partial charge in [0.25, 0.3) is 0 Å². The van der Waals surface area contributed by atoms with E-state index >= 15 is 0 Å². The highest BCUT2D eigenvalue weighted by atomic mass is 16.5. The molecule has 0 fully saturated rings. The number of benzene rings is 1. The number of ether oxygens (including phenoxy) is 2. The Morgan fingerprint density at radius 2 is 1.70 bits per heavy atom. The fourth-order valence-corrected chi connectivity index (χ4v) is 4.37. The van der Waals surface area contributed by atoms with Crippen LogP contribution in [-0.4, -0.2) is 43.1 Å². The van der Waals surface area contributed by atoms with Gasteiger partial charge in [0, 0.05) is 25.4 Å². The summed E-state index contributed by atoms with van der Waals surface area (Å²) in [6, 6.07) is 6.62. The smallest absolute Gasteiger partial charge is 0.305 e. The minimum absolute atomic E-state index is 0.0905. The molecule has 1 aromatic rings. The van der Waals surface area contributed by atoms with Crippen molar-refractivity contribution < 1.29 is 19.1 Å². The number of nitrogens with zero attached hydrogens (tertiary/aromatic N) is 1. The van der Waals surface area contributed by atoms with Crippen molar-refractivity contribution in [2.75, 3.05) is 20.3 Å². The number of carbonyl (C=O) groups is 2. The molecule has 0 N–H and O–H groups in total. The standard InChI is InChI=1S/C25H39NO4/c1-4-26(22-16-14-21-19-23(29-3)17-15-20(21)18-22)24(27)12-10-8-6-7-9-11-13-25(28)30-5-2/h15,17,19,22H,4-14,16,18H2,1-3H3. The molecule has 0 saturated heterocycles. The van der Waals surface area contributed by atoms with E-state index in [4.69, 9.17) is 9.47 Å². The predicted molar refractivity (Wildman–Crippen MR) is 120 cm³/mol. The Morgan fingerprint density at radius 3 is 2.37 bits per heavy atom. The van der Waals surface area contributed by atoms with E-state index in [1.165, 1.54) is 11.1 Å². The summed E-state index contributed by atoms with van der Waals surface area (Å²) >= 11 is 0. The van der Waals surface area contributed by atoms with Crippen LogP contribution >= 0.6 is 0 Å². The second-order valence-electron chi connectivity index (χ2n) is 8.14. The monoisotopic (exact) mass is 417 g/mol. The maximum atomic E-state index is 12.8. The fourth-order valence-electron chi connectivity index (χ4n) is 4.37. The van der Waals surface area contributed by atoms with Gasteiger partial charge in [-0.15, -0.1) is 0 Å². The van der Waals surface area contributed by atoms with Crippen LogP contribution < -0.4 is 4.74 Å². The Morgan fingerprint density at radius 1 is 1.00 bits per heavy atom. The number of unbranched alkanes of at least 4 members (excludes halogenated alkanes) is 5. The van der Waals surface area contributed by atoms with E-state index in [-0.39, 0.29) is 5.97 Å². The summed E-state index contributed by atoms with van der Waals surface area (Å²) in [6.07, 6.45) is 10.4. The predicted octanol–water partition coefficient (Wildman–Crippen LogP) is 5.08. The molecule has 1 aliphatic rings. The SMILES string of the molecule is CCOC(=O)CCCCCCCCC(=O)N(CC)C1CCc2cc(OC)ccc2C1. The van der Waals surface area contributed by atoms with Crippen LogP contribution in [0, 0.1) is 0 Å². The van der Waals surface area contributed by atoms with Gasteiger partial charge >= 0.3 is 5.97 Å². The van der Waals surface area contributed by atoms with Crippen LogP contribution in [0.5, 0.6) is 5.75 Å². The molecule has 5 nitrogen and oxygen atoms in total. The number of methoxy groups -OCH3 is 1. The summed E-state index contributed by atoms with van der Waals surface area (Å²) in [5, 5.41) is 0. The molecule has 0 saturated carbocycles. The van der Waals surface area contributed by atoms with E-state index < -0.39 is 0 Å². The van der Waals surface area contributed by atoms with Crippen molar-refractivity contribution >= 4 is 11.9 Å². The third kappa shape index (κ3) is 7.66. The van der Waals surface area contributed by atoms with Crippen molar-refractivity contribution in [1.29, 1.82) is 0 Å². The Bertz CT molecular complexity index is 673. The molecular weight excluding hydrogens is 378 g/mol. The molecule has 0 bridgehead atoms. The normalized spacial score (nSPS) is 15.4. The summed E-state index contributed by atoms with van der Waals surface area (Å²) in [5.41, 5.74) is 2.71. The van der Waals surface area contributed by atoms with Crippen molar-refractivity contribution in [2.45, 2.75) is 90.5 Å². The molecule has 5 heteroatoms. The van der Waals surface area contributed by atoms with Gasteiger partial charge in [-0.1, -0.05) is 31.7 Å². The Kier molecular flexibility index (Phi) is 10.7. The van der Waals surface area contributed by atoms with E-state index in [0.29, 0.717) is 31.4 Å². The van der Waals surface area contributed by atoms with Gasteiger partial charge in [-0.25, -0.2) is 0 Å². The van der Waals surface area contributed by atoms with Crippen molar-refractivity contribution in [3.63, 3.8) is 0 Å². The van der Waals surface area contributed by atoms with Crippen molar-refractivity contribution in [1.82, 2.24) is 4.90 Å². The summed E-state index contributed by atoms with van der Waals surface area (Å²) in [6.45, 7) is 5.17. The average Bonchev–Trinajstić information content (AvgIpc) is 2.75. The summed E-state index contributed by atoms with van der Waals surface area (Å²) in [7, 11) is 1.70. The van der Waals surface area contributed by atoms with Gasteiger partial charge in [0.1, 0.15) is 5.75 Å². The number of amides is 1. The third-order valence-corrected chi connectivity index (χ3v) is 6.04. The highest BCUT2D eigenvalue weighted by molar-refractivity contribution is 5.76. The number of likely N-dealkylation sites (N-methyl/N-ethyl adjacent to an activating group) is 1. The zero-order chi connectivity index (χ0) is 21.8. The molecule has 168 valence electrons. The number of hydrogen-bond acceptors (Lipinski definition) is 4. The minimum atomic E-state index is -0.0905. The molecule has 0 aromatic heterocycles. The van der Waals surface area contributed by atoms with E-state index in [0.717, 1.165) is 70.1 Å². The molecule has 1 aliphatic carbocycles. The number of fused-ring (bicyclic) bond motifs is 1. The number of aryl methyl sites for hydroxylation is 1. The van der Waals surface area contributed by atoms with Gasteiger partial charge in [0.15, 0.2) is 0 Å². The van der Waals surface area contributed by atoms with Crippen LogP contribution in [-0.2, 0) is 27.2 Å². The molecule has 0 heterocycles. The van der Waals surface area contributed by atoms with E-state index in [1.54, 1.807) is 7.11 Å². The lowest BCUT2D eigenvalue weighted by atomic mass is 9.87. The summed E-state index contributed by atoms with van der Waals surface area (Å²) in [5.74, 6) is 1.12. The molecule has 0 spiro atoms. The van der Waals surface area contributed by atoms with Gasteiger partial charge in [-0.05, 0) is 69.2 Å². The lowest BCUT2D eigenvalue weighted by molar-refractivity contribution is -0.143. The average molecular weight is 418 g/mol. The first-order chi connectivity index (χ1) is 14.6. The summed E-state index contributed by atoms with van der Waals surface area (Å²) < 4.78 is 10.3. The number of esters is 1. The Labute approximate surface area is 182 Å². The first-order valence-corrected chi connectivity index (χ1v) is 11.7. The van der Waals surface area contributed by atoms with Crippen molar-refractivity contribution in [3.05, 3.63) is 29.3 Å². The van der Waals surface area contributed by atoms with Crippen LogP contribution in [0.2, 0.25) is 0 Å². The maximum absolute atomic E-state index is 12.8. The molecule has 1 amide bonds. The first-order valence-electron chi connectivity index (χ1n) is 11.7. The van der Waals surface area contributed by atoms with E-state index in [9.17, 15) is 9.59 Å². The second-order valence-corrected chi connectivity index (χ2v) is 8.14. The van der Waals surface area contributed by atoms with E-state index in [1.807, 2.05) is 13.0 Å². The Hall–Kier alpha value is -2.04.